The summed E-state index contributed by atoms with van der Waals surface area (Å²) in [7, 11) is 0. The molecule has 0 radical (unpaired) electrons. The molecule has 0 spiro atoms. The van der Waals surface area contributed by atoms with Gasteiger partial charge in [0.05, 0.1) is 12.7 Å². The maximum atomic E-state index is 12.7. The highest BCUT2D eigenvalue weighted by Gasteiger charge is 2.27. The number of piperazine rings is 1. The Balaban J connectivity index is 1.55. The van der Waals surface area contributed by atoms with Gasteiger partial charge in [-0.2, -0.15) is 0 Å². The predicted octanol–water partition coefficient (Wildman–Crippen LogP) is -0.176. The van der Waals surface area contributed by atoms with Crippen molar-refractivity contribution in [3.63, 3.8) is 0 Å². The Hall–Kier alpha value is -1.51. The second-order valence-electron chi connectivity index (χ2n) is 6.39. The van der Waals surface area contributed by atoms with Crippen LogP contribution in [-0.4, -0.2) is 89.2 Å². The van der Waals surface area contributed by atoms with Gasteiger partial charge in [-0.3, -0.25) is 14.4 Å². The minimum Gasteiger partial charge on any atom is -0.381 e. The van der Waals surface area contributed by atoms with Crippen molar-refractivity contribution < 1.29 is 9.53 Å². The lowest BCUT2D eigenvalue weighted by Crippen LogP contribution is -2.44. The molecule has 0 atom stereocenters. The monoisotopic (exact) mass is 336 g/mol. The summed E-state index contributed by atoms with van der Waals surface area (Å²) < 4.78 is 7.18. The lowest BCUT2D eigenvalue weighted by molar-refractivity contribution is 0.0302. The van der Waals surface area contributed by atoms with E-state index < -0.39 is 0 Å². The SMILES string of the molecule is CCN(C(=O)c1cn(CCN2CCNCC2)nn1)C1CCOCC1. The quantitative estimate of drug-likeness (QED) is 0.777. The van der Waals surface area contributed by atoms with E-state index in [1.807, 2.05) is 11.8 Å². The number of nitrogens with zero attached hydrogens (tertiary/aromatic N) is 5. The van der Waals surface area contributed by atoms with Gasteiger partial charge in [0, 0.05) is 58.5 Å². The molecule has 8 heteroatoms. The topological polar surface area (TPSA) is 75.5 Å². The van der Waals surface area contributed by atoms with Crippen molar-refractivity contribution in [1.82, 2.24) is 30.1 Å². The first-order chi connectivity index (χ1) is 11.8. The van der Waals surface area contributed by atoms with Gasteiger partial charge in [0.2, 0.25) is 0 Å². The van der Waals surface area contributed by atoms with Crippen LogP contribution < -0.4 is 5.32 Å². The van der Waals surface area contributed by atoms with Crippen molar-refractivity contribution in [2.75, 3.05) is 52.5 Å². The number of ether oxygens (including phenoxy) is 1. The summed E-state index contributed by atoms with van der Waals surface area (Å²) >= 11 is 0. The smallest absolute Gasteiger partial charge is 0.276 e. The van der Waals surface area contributed by atoms with Crippen LogP contribution in [0.15, 0.2) is 6.20 Å². The number of amides is 1. The fraction of sp³-hybridized carbons (Fsp3) is 0.812. The van der Waals surface area contributed by atoms with Gasteiger partial charge in [-0.05, 0) is 19.8 Å². The second kappa shape index (κ2) is 8.55. The Morgan fingerprint density at radius 2 is 2.08 bits per heavy atom. The third-order valence-electron chi connectivity index (χ3n) is 4.85. The van der Waals surface area contributed by atoms with E-state index in [4.69, 9.17) is 4.74 Å². The Labute approximate surface area is 143 Å². The summed E-state index contributed by atoms with van der Waals surface area (Å²) in [5.41, 5.74) is 0.448. The van der Waals surface area contributed by atoms with Crippen LogP contribution in [0.1, 0.15) is 30.3 Å². The van der Waals surface area contributed by atoms with Gasteiger partial charge in [-0.15, -0.1) is 5.10 Å². The number of hydrogen-bond donors (Lipinski definition) is 1. The Bertz CT molecular complexity index is 522. The summed E-state index contributed by atoms with van der Waals surface area (Å²) in [5.74, 6) is -0.0159. The lowest BCUT2D eigenvalue weighted by Gasteiger charge is -2.32. The van der Waals surface area contributed by atoms with Crippen molar-refractivity contribution in [1.29, 1.82) is 0 Å². The van der Waals surface area contributed by atoms with E-state index in [0.717, 1.165) is 65.3 Å². The first-order valence-electron chi connectivity index (χ1n) is 9.00. The van der Waals surface area contributed by atoms with Gasteiger partial charge in [0.1, 0.15) is 0 Å². The molecule has 24 heavy (non-hydrogen) atoms. The molecular formula is C16H28N6O2. The standard InChI is InChI=1S/C16H28N6O2/c1-2-22(14-3-11-24-12-4-14)16(23)15-13-21(19-18-15)10-9-20-7-5-17-6-8-20/h13-14,17H,2-12H2,1H3. The van der Waals surface area contributed by atoms with Crippen molar-refractivity contribution in [3.8, 4) is 0 Å². The van der Waals surface area contributed by atoms with Gasteiger partial charge in [-0.25, -0.2) is 0 Å². The molecule has 134 valence electrons. The van der Waals surface area contributed by atoms with Crippen LogP contribution in [-0.2, 0) is 11.3 Å². The molecule has 3 rings (SSSR count). The molecule has 1 aromatic rings. The van der Waals surface area contributed by atoms with E-state index >= 15 is 0 Å². The molecule has 1 N–H and O–H groups in total. The molecule has 3 heterocycles. The molecular weight excluding hydrogens is 308 g/mol. The van der Waals surface area contributed by atoms with Crippen molar-refractivity contribution in [2.45, 2.75) is 32.4 Å². The number of hydrogen-bond acceptors (Lipinski definition) is 6. The average Bonchev–Trinajstić information content (AvgIpc) is 3.11. The molecule has 0 bridgehead atoms. The van der Waals surface area contributed by atoms with E-state index in [1.54, 1.807) is 10.9 Å². The molecule has 0 aromatic carbocycles. The molecule has 2 saturated heterocycles. The Morgan fingerprint density at radius 3 is 2.79 bits per heavy atom. The fourth-order valence-electron chi connectivity index (χ4n) is 3.40. The van der Waals surface area contributed by atoms with Gasteiger partial charge in [0.15, 0.2) is 5.69 Å². The Morgan fingerprint density at radius 1 is 1.33 bits per heavy atom. The third-order valence-corrected chi connectivity index (χ3v) is 4.85. The van der Waals surface area contributed by atoms with E-state index in [2.05, 4.69) is 20.5 Å². The molecule has 2 aliphatic rings. The zero-order valence-corrected chi connectivity index (χ0v) is 14.5. The normalized spacial score (nSPS) is 20.2. The number of rotatable bonds is 6. The summed E-state index contributed by atoms with van der Waals surface area (Å²) in [4.78, 5) is 17.1. The van der Waals surface area contributed by atoms with Crippen molar-refractivity contribution >= 4 is 5.91 Å². The van der Waals surface area contributed by atoms with Gasteiger partial charge in [0.25, 0.3) is 5.91 Å². The second-order valence-corrected chi connectivity index (χ2v) is 6.39. The largest absolute Gasteiger partial charge is 0.381 e. The average molecular weight is 336 g/mol. The molecule has 0 unspecified atom stereocenters. The number of aromatic nitrogens is 3. The summed E-state index contributed by atoms with van der Waals surface area (Å²) in [6.07, 6.45) is 3.58. The minimum absolute atomic E-state index is 0.0159. The molecule has 0 aliphatic carbocycles. The minimum atomic E-state index is -0.0159. The number of nitrogens with one attached hydrogen (secondary N) is 1. The first-order valence-corrected chi connectivity index (χ1v) is 9.00. The number of carbonyl (C=O) groups excluding carboxylic acids is 1. The predicted molar refractivity (Wildman–Crippen MR) is 89.9 cm³/mol. The van der Waals surface area contributed by atoms with Crippen LogP contribution in [0.5, 0.6) is 0 Å². The van der Waals surface area contributed by atoms with E-state index in [9.17, 15) is 4.79 Å². The maximum absolute atomic E-state index is 12.7. The Kier molecular flexibility index (Phi) is 6.17. The zero-order chi connectivity index (χ0) is 16.8. The highest BCUT2D eigenvalue weighted by atomic mass is 16.5. The number of carbonyl (C=O) groups is 1. The van der Waals surface area contributed by atoms with Crippen LogP contribution in [0, 0.1) is 0 Å². The van der Waals surface area contributed by atoms with Crippen LogP contribution >= 0.6 is 0 Å². The zero-order valence-electron chi connectivity index (χ0n) is 14.5. The lowest BCUT2D eigenvalue weighted by atomic mass is 10.1. The molecule has 2 aliphatic heterocycles. The first kappa shape index (κ1) is 17.3. The third kappa shape index (κ3) is 4.31. The molecule has 0 saturated carbocycles. The van der Waals surface area contributed by atoms with E-state index in [1.165, 1.54) is 0 Å². The summed E-state index contributed by atoms with van der Waals surface area (Å²) in [5, 5.41) is 11.6. The van der Waals surface area contributed by atoms with Crippen LogP contribution in [0.4, 0.5) is 0 Å². The van der Waals surface area contributed by atoms with Crippen LogP contribution in [0.25, 0.3) is 0 Å². The van der Waals surface area contributed by atoms with Gasteiger partial charge >= 0.3 is 0 Å². The highest BCUT2D eigenvalue weighted by Crippen LogP contribution is 2.16. The molecule has 1 amide bonds. The molecule has 1 aromatic heterocycles. The van der Waals surface area contributed by atoms with Crippen molar-refractivity contribution in [3.05, 3.63) is 11.9 Å². The van der Waals surface area contributed by atoms with Crippen LogP contribution in [0.3, 0.4) is 0 Å². The summed E-state index contributed by atoms with van der Waals surface area (Å²) in [6.45, 7) is 10.1. The molecule has 2 fully saturated rings. The highest BCUT2D eigenvalue weighted by molar-refractivity contribution is 5.92. The molecule has 8 nitrogen and oxygen atoms in total. The van der Waals surface area contributed by atoms with Gasteiger partial charge < -0.3 is 15.0 Å². The fourth-order valence-corrected chi connectivity index (χ4v) is 3.40. The maximum Gasteiger partial charge on any atom is 0.276 e. The van der Waals surface area contributed by atoms with Gasteiger partial charge in [-0.1, -0.05) is 5.21 Å². The van der Waals surface area contributed by atoms with Crippen LogP contribution in [0.2, 0.25) is 0 Å². The van der Waals surface area contributed by atoms with E-state index in [0.29, 0.717) is 12.2 Å². The van der Waals surface area contributed by atoms with E-state index in [-0.39, 0.29) is 11.9 Å². The summed E-state index contributed by atoms with van der Waals surface area (Å²) in [6, 6.07) is 0.252. The van der Waals surface area contributed by atoms with Crippen molar-refractivity contribution in [2.24, 2.45) is 0 Å².